The number of nitrogens with zero attached hydrogens (tertiary/aromatic N) is 1. The molecule has 3 aromatic carbocycles. The number of benzene rings is 3. The van der Waals surface area contributed by atoms with E-state index in [-0.39, 0.29) is 5.75 Å². The van der Waals surface area contributed by atoms with Crippen molar-refractivity contribution >= 4 is 27.5 Å². The fourth-order valence-corrected chi connectivity index (χ4v) is 3.30. The van der Waals surface area contributed by atoms with Crippen molar-refractivity contribution in [2.75, 3.05) is 19.5 Å². The Hall–Kier alpha value is -3.47. The second kappa shape index (κ2) is 7.03. The fourth-order valence-electron chi connectivity index (χ4n) is 3.30. The van der Waals surface area contributed by atoms with Crippen molar-refractivity contribution in [3.05, 3.63) is 66.2 Å². The van der Waals surface area contributed by atoms with E-state index in [1.165, 1.54) is 19.8 Å². The van der Waals surface area contributed by atoms with Gasteiger partial charge in [-0.15, -0.1) is 0 Å². The van der Waals surface area contributed by atoms with Crippen LogP contribution < -0.4 is 14.8 Å². The zero-order valence-electron chi connectivity index (χ0n) is 15.2. The molecule has 0 amide bonds. The van der Waals surface area contributed by atoms with Crippen molar-refractivity contribution in [2.45, 2.75) is 6.54 Å². The molecule has 5 heteroatoms. The van der Waals surface area contributed by atoms with Gasteiger partial charge in [-0.25, -0.2) is 4.98 Å². The summed E-state index contributed by atoms with van der Waals surface area (Å²) in [6, 6.07) is 19.8. The van der Waals surface area contributed by atoms with Crippen molar-refractivity contribution in [1.82, 2.24) is 4.98 Å². The maximum atomic E-state index is 10.1. The zero-order chi connectivity index (χ0) is 18.8. The topological polar surface area (TPSA) is 63.6 Å². The van der Waals surface area contributed by atoms with Crippen LogP contribution in [-0.4, -0.2) is 24.3 Å². The number of rotatable bonds is 5. The minimum Gasteiger partial charge on any atom is -0.502 e. The lowest BCUT2D eigenvalue weighted by molar-refractivity contribution is 0.340. The molecular weight excluding hydrogens is 340 g/mol. The third kappa shape index (κ3) is 3.08. The highest BCUT2D eigenvalue weighted by atomic mass is 16.5. The molecule has 4 aromatic rings. The molecule has 4 rings (SSSR count). The first-order chi connectivity index (χ1) is 13.2. The van der Waals surface area contributed by atoms with Gasteiger partial charge in [-0.3, -0.25) is 0 Å². The van der Waals surface area contributed by atoms with Crippen LogP contribution in [0.25, 0.3) is 21.8 Å². The number of hydrogen-bond acceptors (Lipinski definition) is 5. The van der Waals surface area contributed by atoms with Gasteiger partial charge in [0.1, 0.15) is 0 Å². The lowest BCUT2D eigenvalue weighted by Gasteiger charge is -2.15. The molecule has 0 aliphatic heterocycles. The number of aromatic hydroxyl groups is 1. The highest BCUT2D eigenvalue weighted by Crippen LogP contribution is 2.39. The SMILES string of the molecule is COc1cc(NCc2c3ccccc3nc3ccccc23)cc(OC)c1O. The van der Waals surface area contributed by atoms with E-state index in [0.717, 1.165) is 27.5 Å². The van der Waals surface area contributed by atoms with E-state index >= 15 is 0 Å². The summed E-state index contributed by atoms with van der Waals surface area (Å²) in [4.78, 5) is 4.76. The number of phenolic OH excluding ortho intramolecular Hbond substituents is 1. The third-order valence-corrected chi connectivity index (χ3v) is 4.65. The Morgan fingerprint density at radius 2 is 1.37 bits per heavy atom. The highest BCUT2D eigenvalue weighted by molar-refractivity contribution is 5.97. The normalized spacial score (nSPS) is 10.9. The molecule has 1 aromatic heterocycles. The van der Waals surface area contributed by atoms with Crippen molar-refractivity contribution < 1.29 is 14.6 Å². The van der Waals surface area contributed by atoms with E-state index in [4.69, 9.17) is 14.5 Å². The number of nitrogens with one attached hydrogen (secondary N) is 1. The van der Waals surface area contributed by atoms with Crippen molar-refractivity contribution in [3.63, 3.8) is 0 Å². The first-order valence-electron chi connectivity index (χ1n) is 8.66. The summed E-state index contributed by atoms with van der Waals surface area (Å²) < 4.78 is 10.5. The molecule has 0 unspecified atom stereocenters. The molecule has 136 valence electrons. The molecule has 1 heterocycles. The van der Waals surface area contributed by atoms with Gasteiger partial charge in [0.15, 0.2) is 11.5 Å². The minimum absolute atomic E-state index is 0.00893. The molecule has 0 fully saturated rings. The lowest BCUT2D eigenvalue weighted by atomic mass is 10.0. The van der Waals surface area contributed by atoms with Gasteiger partial charge in [0.25, 0.3) is 0 Å². The van der Waals surface area contributed by atoms with E-state index in [2.05, 4.69) is 17.4 Å². The average molecular weight is 360 g/mol. The number of methoxy groups -OCH3 is 2. The molecule has 5 nitrogen and oxygen atoms in total. The summed E-state index contributed by atoms with van der Waals surface area (Å²) in [5.74, 6) is 0.716. The Bertz CT molecular complexity index is 1050. The van der Waals surface area contributed by atoms with Crippen molar-refractivity contribution in [1.29, 1.82) is 0 Å². The fraction of sp³-hybridized carbons (Fsp3) is 0.136. The summed E-state index contributed by atoms with van der Waals surface area (Å²) >= 11 is 0. The zero-order valence-corrected chi connectivity index (χ0v) is 15.2. The molecule has 0 saturated carbocycles. The molecule has 0 atom stereocenters. The quantitative estimate of drug-likeness (QED) is 0.398. The number of para-hydroxylation sites is 2. The largest absolute Gasteiger partial charge is 0.502 e. The molecule has 2 N–H and O–H groups in total. The van der Waals surface area contributed by atoms with Crippen LogP contribution in [0.2, 0.25) is 0 Å². The molecule has 0 saturated heterocycles. The summed E-state index contributed by atoms with van der Waals surface area (Å²) in [5.41, 5.74) is 3.90. The maximum Gasteiger partial charge on any atom is 0.200 e. The molecular formula is C22H20N2O3. The van der Waals surface area contributed by atoms with Crippen LogP contribution in [0.3, 0.4) is 0 Å². The van der Waals surface area contributed by atoms with Gasteiger partial charge >= 0.3 is 0 Å². The van der Waals surface area contributed by atoms with Crippen LogP contribution in [0.15, 0.2) is 60.7 Å². The third-order valence-electron chi connectivity index (χ3n) is 4.65. The summed E-state index contributed by atoms with van der Waals surface area (Å²) in [6.45, 7) is 0.598. The van der Waals surface area contributed by atoms with Gasteiger partial charge in [-0.2, -0.15) is 0 Å². The van der Waals surface area contributed by atoms with Crippen LogP contribution >= 0.6 is 0 Å². The molecule has 0 spiro atoms. The van der Waals surface area contributed by atoms with E-state index in [0.29, 0.717) is 18.0 Å². The number of phenols is 1. The Balaban J connectivity index is 1.77. The summed E-state index contributed by atoms with van der Waals surface area (Å²) in [5, 5.41) is 15.7. The Labute approximate surface area is 157 Å². The predicted molar refractivity (Wildman–Crippen MR) is 108 cm³/mol. The van der Waals surface area contributed by atoms with Crippen LogP contribution in [0.5, 0.6) is 17.2 Å². The average Bonchev–Trinajstić information content (AvgIpc) is 2.71. The molecule has 0 radical (unpaired) electrons. The van der Waals surface area contributed by atoms with Crippen molar-refractivity contribution in [2.24, 2.45) is 0 Å². The number of hydrogen-bond donors (Lipinski definition) is 2. The standard InChI is InChI=1S/C22H20N2O3/c1-26-20-11-14(12-21(27-2)22(20)25)23-13-17-15-7-3-5-9-18(15)24-19-10-6-4-8-16(17)19/h3-12,23,25H,13H2,1-2H3. The number of aromatic nitrogens is 1. The monoisotopic (exact) mass is 360 g/mol. The molecule has 27 heavy (non-hydrogen) atoms. The highest BCUT2D eigenvalue weighted by Gasteiger charge is 2.13. The maximum absolute atomic E-state index is 10.1. The van der Waals surface area contributed by atoms with Gasteiger partial charge in [0.05, 0.1) is 25.3 Å². The van der Waals surface area contributed by atoms with E-state index in [9.17, 15) is 5.11 Å². The lowest BCUT2D eigenvalue weighted by Crippen LogP contribution is -2.03. The second-order valence-corrected chi connectivity index (χ2v) is 6.21. The first kappa shape index (κ1) is 17.0. The Kier molecular flexibility index (Phi) is 4.42. The van der Waals surface area contributed by atoms with Gasteiger partial charge < -0.3 is 19.9 Å². The van der Waals surface area contributed by atoms with Crippen molar-refractivity contribution in [3.8, 4) is 17.2 Å². The predicted octanol–water partition coefficient (Wildman–Crippen LogP) is 4.72. The van der Waals surface area contributed by atoms with Gasteiger partial charge in [0, 0.05) is 35.1 Å². The molecule has 0 aliphatic carbocycles. The molecule has 0 aliphatic rings. The summed E-state index contributed by atoms with van der Waals surface area (Å²) in [6.07, 6.45) is 0. The number of fused-ring (bicyclic) bond motifs is 2. The van der Waals surface area contributed by atoms with Crippen LogP contribution in [0.4, 0.5) is 5.69 Å². The van der Waals surface area contributed by atoms with E-state index < -0.39 is 0 Å². The Morgan fingerprint density at radius 3 is 1.89 bits per heavy atom. The van der Waals surface area contributed by atoms with E-state index in [1.54, 1.807) is 12.1 Å². The van der Waals surface area contributed by atoms with Crippen LogP contribution in [0.1, 0.15) is 5.56 Å². The van der Waals surface area contributed by atoms with Crippen LogP contribution in [-0.2, 0) is 6.54 Å². The second-order valence-electron chi connectivity index (χ2n) is 6.21. The number of ether oxygens (including phenoxy) is 2. The number of anilines is 1. The van der Waals surface area contributed by atoms with Crippen LogP contribution in [0, 0.1) is 0 Å². The van der Waals surface area contributed by atoms with E-state index in [1.807, 2.05) is 36.4 Å². The van der Waals surface area contributed by atoms with Gasteiger partial charge in [-0.05, 0) is 17.7 Å². The molecule has 0 bridgehead atoms. The minimum atomic E-state index is -0.00893. The Morgan fingerprint density at radius 1 is 0.852 bits per heavy atom. The first-order valence-corrected chi connectivity index (χ1v) is 8.66. The van der Waals surface area contributed by atoms with Gasteiger partial charge in [-0.1, -0.05) is 36.4 Å². The smallest absolute Gasteiger partial charge is 0.200 e. The van der Waals surface area contributed by atoms with Gasteiger partial charge in [0.2, 0.25) is 5.75 Å². The number of pyridine rings is 1. The summed E-state index contributed by atoms with van der Waals surface area (Å²) in [7, 11) is 3.03.